The number of benzene rings is 1. The van der Waals surface area contributed by atoms with Gasteiger partial charge in [0.2, 0.25) is 5.91 Å². The van der Waals surface area contributed by atoms with E-state index in [1.165, 1.54) is 6.07 Å². The smallest absolute Gasteiger partial charge is 0.319 e. The molecule has 0 spiro atoms. The van der Waals surface area contributed by atoms with Crippen molar-refractivity contribution in [2.75, 3.05) is 6.61 Å². The molecule has 20 heavy (non-hydrogen) atoms. The first-order valence-corrected chi connectivity index (χ1v) is 6.50. The van der Waals surface area contributed by atoms with Crippen LogP contribution in [0.25, 0.3) is 0 Å². The molecule has 1 fully saturated rings. The Morgan fingerprint density at radius 2 is 2.15 bits per heavy atom. The summed E-state index contributed by atoms with van der Waals surface area (Å²) >= 11 is 0. The summed E-state index contributed by atoms with van der Waals surface area (Å²) in [7, 11) is 0. The number of carboxylic acid groups (broad SMARTS) is 1. The fraction of sp³-hybridized carbons (Fsp3) is 0.429. The average molecular weight is 279 g/mol. The third kappa shape index (κ3) is 1.92. The highest BCUT2D eigenvalue weighted by Crippen LogP contribution is 2.47. The molecule has 2 N–H and O–H groups in total. The molecule has 1 amide bonds. The molecule has 1 aliphatic carbocycles. The number of hydrogen-bond acceptors (Lipinski definition) is 3. The summed E-state index contributed by atoms with van der Waals surface area (Å²) in [4.78, 5) is 23.2. The first-order chi connectivity index (χ1) is 9.54. The highest BCUT2D eigenvalue weighted by atomic mass is 19.1. The summed E-state index contributed by atoms with van der Waals surface area (Å²) in [6.07, 6.45) is 1.21. The van der Waals surface area contributed by atoms with Crippen molar-refractivity contribution in [3.63, 3.8) is 0 Å². The third-order valence-electron chi connectivity index (χ3n) is 3.93. The Bertz CT molecular complexity index is 583. The fourth-order valence-corrected chi connectivity index (χ4v) is 2.50. The van der Waals surface area contributed by atoms with E-state index in [1.807, 2.05) is 0 Å². The molecule has 3 rings (SSSR count). The number of carbonyl (C=O) groups excluding carboxylic acids is 1. The second-order valence-electron chi connectivity index (χ2n) is 5.21. The number of aliphatic carboxylic acids is 1. The Hall–Kier alpha value is -2.11. The van der Waals surface area contributed by atoms with Crippen LogP contribution in [0, 0.1) is 11.2 Å². The highest BCUT2D eigenvalue weighted by Gasteiger charge is 2.57. The Morgan fingerprint density at radius 3 is 2.80 bits per heavy atom. The van der Waals surface area contributed by atoms with Crippen molar-refractivity contribution in [2.45, 2.75) is 25.3 Å². The Morgan fingerprint density at radius 1 is 1.40 bits per heavy atom. The largest absolute Gasteiger partial charge is 0.490 e. The zero-order valence-corrected chi connectivity index (χ0v) is 10.7. The van der Waals surface area contributed by atoms with Gasteiger partial charge in [0.05, 0.1) is 12.6 Å². The molecular weight excluding hydrogens is 265 g/mol. The summed E-state index contributed by atoms with van der Waals surface area (Å²) in [6, 6.07) is 4.12. The molecule has 0 saturated heterocycles. The third-order valence-corrected chi connectivity index (χ3v) is 3.93. The van der Waals surface area contributed by atoms with Crippen LogP contribution < -0.4 is 10.1 Å². The molecule has 0 radical (unpaired) electrons. The van der Waals surface area contributed by atoms with Crippen LogP contribution in [0.4, 0.5) is 4.39 Å². The second kappa shape index (κ2) is 4.47. The average Bonchev–Trinajstić information content (AvgIpc) is 3.21. The molecule has 1 atom stereocenters. The number of hydrogen-bond donors (Lipinski definition) is 2. The van der Waals surface area contributed by atoms with Gasteiger partial charge in [0.1, 0.15) is 5.41 Å². The molecule has 1 aliphatic heterocycles. The lowest BCUT2D eigenvalue weighted by Crippen LogP contribution is -2.40. The quantitative estimate of drug-likeness (QED) is 0.825. The first kappa shape index (κ1) is 12.9. The molecule has 1 saturated carbocycles. The van der Waals surface area contributed by atoms with Gasteiger partial charge in [-0.15, -0.1) is 0 Å². The fourth-order valence-electron chi connectivity index (χ4n) is 2.50. The van der Waals surface area contributed by atoms with Crippen molar-refractivity contribution in [1.82, 2.24) is 5.32 Å². The van der Waals surface area contributed by atoms with E-state index in [0.717, 1.165) is 0 Å². The van der Waals surface area contributed by atoms with Crippen LogP contribution in [-0.2, 0) is 9.59 Å². The van der Waals surface area contributed by atoms with E-state index in [0.29, 0.717) is 31.4 Å². The number of halogens is 1. The van der Waals surface area contributed by atoms with Gasteiger partial charge in [-0.3, -0.25) is 9.59 Å². The van der Waals surface area contributed by atoms with Crippen molar-refractivity contribution < 1.29 is 23.8 Å². The zero-order chi connectivity index (χ0) is 14.3. The van der Waals surface area contributed by atoms with Gasteiger partial charge in [-0.2, -0.15) is 0 Å². The Kier molecular flexibility index (Phi) is 2.88. The second-order valence-corrected chi connectivity index (χ2v) is 5.21. The SMILES string of the molecule is O=C(O)C1(C(=O)N[C@H]2CCOc3c(F)cccc32)CC1. The highest BCUT2D eigenvalue weighted by molar-refractivity contribution is 6.05. The van der Waals surface area contributed by atoms with E-state index in [1.54, 1.807) is 12.1 Å². The molecule has 5 nitrogen and oxygen atoms in total. The van der Waals surface area contributed by atoms with E-state index in [9.17, 15) is 14.0 Å². The van der Waals surface area contributed by atoms with Gasteiger partial charge >= 0.3 is 5.97 Å². The van der Waals surface area contributed by atoms with Crippen LogP contribution in [0.2, 0.25) is 0 Å². The van der Waals surface area contributed by atoms with Gasteiger partial charge in [-0.25, -0.2) is 4.39 Å². The van der Waals surface area contributed by atoms with Crippen LogP contribution in [0.5, 0.6) is 5.75 Å². The minimum absolute atomic E-state index is 0.143. The molecule has 0 unspecified atom stereocenters. The number of para-hydroxylation sites is 1. The number of ether oxygens (including phenoxy) is 1. The van der Waals surface area contributed by atoms with E-state index in [-0.39, 0.29) is 5.75 Å². The number of carboxylic acids is 1. The number of fused-ring (bicyclic) bond motifs is 1. The van der Waals surface area contributed by atoms with Crippen LogP contribution in [0.1, 0.15) is 30.9 Å². The van der Waals surface area contributed by atoms with Crippen molar-refractivity contribution in [2.24, 2.45) is 5.41 Å². The zero-order valence-electron chi connectivity index (χ0n) is 10.7. The van der Waals surface area contributed by atoms with Gasteiger partial charge in [0.15, 0.2) is 11.6 Å². The maximum absolute atomic E-state index is 13.6. The van der Waals surface area contributed by atoms with Crippen LogP contribution in [0.3, 0.4) is 0 Å². The maximum Gasteiger partial charge on any atom is 0.319 e. The monoisotopic (exact) mass is 279 g/mol. The maximum atomic E-state index is 13.6. The van der Waals surface area contributed by atoms with Gasteiger partial charge in [0.25, 0.3) is 0 Å². The molecular formula is C14H14FNO4. The number of rotatable bonds is 3. The van der Waals surface area contributed by atoms with Crippen molar-refractivity contribution in [3.05, 3.63) is 29.6 Å². The molecule has 6 heteroatoms. The van der Waals surface area contributed by atoms with Crippen LogP contribution in [0.15, 0.2) is 18.2 Å². The summed E-state index contributed by atoms with van der Waals surface area (Å²) in [5.41, 5.74) is -0.725. The van der Waals surface area contributed by atoms with Gasteiger partial charge in [-0.05, 0) is 18.9 Å². The van der Waals surface area contributed by atoms with Gasteiger partial charge < -0.3 is 15.2 Å². The molecule has 2 aliphatic rings. The van der Waals surface area contributed by atoms with Crippen molar-refractivity contribution >= 4 is 11.9 Å². The van der Waals surface area contributed by atoms with Gasteiger partial charge in [0, 0.05) is 12.0 Å². The summed E-state index contributed by atoms with van der Waals surface area (Å²) in [6.45, 7) is 0.291. The molecule has 1 aromatic carbocycles. The minimum Gasteiger partial charge on any atom is -0.490 e. The van der Waals surface area contributed by atoms with Crippen molar-refractivity contribution in [3.8, 4) is 5.75 Å². The van der Waals surface area contributed by atoms with E-state index in [4.69, 9.17) is 9.84 Å². The first-order valence-electron chi connectivity index (χ1n) is 6.50. The summed E-state index contributed by atoms with van der Waals surface area (Å²) < 4.78 is 18.9. The molecule has 0 aromatic heterocycles. The normalized spacial score (nSPS) is 22.4. The number of carbonyl (C=O) groups is 2. The molecule has 1 heterocycles. The predicted molar refractivity (Wildman–Crippen MR) is 66.7 cm³/mol. The number of amides is 1. The van der Waals surface area contributed by atoms with Crippen LogP contribution >= 0.6 is 0 Å². The summed E-state index contributed by atoms with van der Waals surface area (Å²) in [5.74, 6) is -1.92. The topological polar surface area (TPSA) is 75.6 Å². The standard InChI is InChI=1S/C14H14FNO4/c15-9-3-1-2-8-10(4-7-20-11(8)9)16-12(17)14(5-6-14)13(18)19/h1-3,10H,4-7H2,(H,16,17)(H,18,19)/t10-/m0/s1. The predicted octanol–water partition coefficient (Wildman–Crippen LogP) is 1.63. The van der Waals surface area contributed by atoms with E-state index >= 15 is 0 Å². The van der Waals surface area contributed by atoms with E-state index < -0.39 is 29.2 Å². The number of nitrogens with one attached hydrogen (secondary N) is 1. The molecule has 0 bridgehead atoms. The minimum atomic E-state index is -1.29. The lowest BCUT2D eigenvalue weighted by atomic mass is 9.98. The Labute approximate surface area is 114 Å². The summed E-state index contributed by atoms with van der Waals surface area (Å²) in [5, 5.41) is 11.8. The van der Waals surface area contributed by atoms with Crippen molar-refractivity contribution in [1.29, 1.82) is 0 Å². The lowest BCUT2D eigenvalue weighted by molar-refractivity contribution is -0.149. The Balaban J connectivity index is 1.82. The molecule has 1 aromatic rings. The van der Waals surface area contributed by atoms with Crippen LogP contribution in [-0.4, -0.2) is 23.6 Å². The molecule has 106 valence electrons. The van der Waals surface area contributed by atoms with Gasteiger partial charge in [-0.1, -0.05) is 12.1 Å². The van der Waals surface area contributed by atoms with E-state index in [2.05, 4.69) is 5.32 Å². The lowest BCUT2D eigenvalue weighted by Gasteiger charge is -2.27.